The van der Waals surface area contributed by atoms with Crippen LogP contribution in [0.1, 0.15) is 12.8 Å². The molecule has 5 heteroatoms. The highest BCUT2D eigenvalue weighted by Gasteiger charge is 2.21. The van der Waals surface area contributed by atoms with Crippen LogP contribution in [0.15, 0.2) is 23.4 Å². The number of nitrogens with zero attached hydrogens (tertiary/aromatic N) is 1. The van der Waals surface area contributed by atoms with Crippen LogP contribution in [0.25, 0.3) is 0 Å². The Balaban J connectivity index is 1.86. The predicted molar refractivity (Wildman–Crippen MR) is 58.6 cm³/mol. The van der Waals surface area contributed by atoms with Gasteiger partial charge in [0.25, 0.3) is 0 Å². The molecule has 1 fully saturated rings. The van der Waals surface area contributed by atoms with E-state index in [2.05, 4.69) is 4.98 Å². The fraction of sp³-hybridized carbons (Fsp3) is 0.500. The van der Waals surface area contributed by atoms with Crippen molar-refractivity contribution in [3.05, 3.63) is 18.3 Å². The van der Waals surface area contributed by atoms with Crippen LogP contribution in [-0.4, -0.2) is 21.7 Å². The van der Waals surface area contributed by atoms with Gasteiger partial charge in [0.2, 0.25) is 0 Å². The summed E-state index contributed by atoms with van der Waals surface area (Å²) in [5.41, 5.74) is 6.12. The molecule has 0 saturated heterocycles. The number of ether oxygens (including phenoxy) is 1. The number of anilines is 1. The largest absolute Gasteiger partial charge is 0.396 e. The molecule has 0 aliphatic heterocycles. The zero-order valence-corrected chi connectivity index (χ0v) is 9.20. The third-order valence-electron chi connectivity index (χ3n) is 2.26. The molecule has 1 atom stereocenters. The zero-order chi connectivity index (χ0) is 10.7. The van der Waals surface area contributed by atoms with Crippen molar-refractivity contribution in [2.45, 2.75) is 17.9 Å². The Morgan fingerprint density at radius 2 is 2.40 bits per heavy atom. The van der Waals surface area contributed by atoms with Gasteiger partial charge in [0.15, 0.2) is 5.03 Å². The van der Waals surface area contributed by atoms with Crippen LogP contribution in [0.3, 0.4) is 0 Å². The summed E-state index contributed by atoms with van der Waals surface area (Å²) < 4.78 is 17.0. The molecule has 1 unspecified atom stereocenters. The van der Waals surface area contributed by atoms with E-state index in [0.29, 0.717) is 23.2 Å². The molecule has 0 radical (unpaired) electrons. The molecule has 1 saturated carbocycles. The summed E-state index contributed by atoms with van der Waals surface area (Å²) in [7, 11) is -1.24. The lowest BCUT2D eigenvalue weighted by Crippen LogP contribution is -2.08. The van der Waals surface area contributed by atoms with Gasteiger partial charge >= 0.3 is 0 Å². The van der Waals surface area contributed by atoms with Gasteiger partial charge in [-0.25, -0.2) is 4.98 Å². The number of rotatable bonds is 5. The number of hydrogen-bond donors (Lipinski definition) is 1. The molecule has 1 aromatic rings. The number of nitrogens with two attached hydrogens (primary N) is 1. The molecule has 0 aromatic carbocycles. The van der Waals surface area contributed by atoms with Crippen LogP contribution in [0.4, 0.5) is 5.69 Å². The summed E-state index contributed by atoms with van der Waals surface area (Å²) in [5.74, 6) is 0.876. The van der Waals surface area contributed by atoms with Crippen molar-refractivity contribution in [1.29, 1.82) is 0 Å². The van der Waals surface area contributed by atoms with Gasteiger partial charge in [-0.2, -0.15) is 0 Å². The zero-order valence-electron chi connectivity index (χ0n) is 8.39. The Bertz CT molecular complexity index is 366. The van der Waals surface area contributed by atoms with E-state index >= 15 is 0 Å². The predicted octanol–water partition coefficient (Wildman–Crippen LogP) is 1.16. The highest BCUT2D eigenvalue weighted by atomic mass is 32.2. The van der Waals surface area contributed by atoms with Crippen molar-refractivity contribution in [2.75, 3.05) is 18.3 Å². The van der Waals surface area contributed by atoms with E-state index in [1.807, 2.05) is 0 Å². The second-order valence-electron chi connectivity index (χ2n) is 3.68. The van der Waals surface area contributed by atoms with Crippen LogP contribution in [0.5, 0.6) is 0 Å². The van der Waals surface area contributed by atoms with Gasteiger partial charge in [-0.3, -0.25) is 4.21 Å². The van der Waals surface area contributed by atoms with Crippen LogP contribution >= 0.6 is 0 Å². The van der Waals surface area contributed by atoms with Gasteiger partial charge in [0.05, 0.1) is 12.3 Å². The number of hydrogen-bond acceptors (Lipinski definition) is 4. The van der Waals surface area contributed by atoms with E-state index in [-0.39, 0.29) is 5.94 Å². The van der Waals surface area contributed by atoms with Crippen molar-refractivity contribution in [1.82, 2.24) is 4.98 Å². The van der Waals surface area contributed by atoms with Gasteiger partial charge in [-0.15, -0.1) is 0 Å². The maximum absolute atomic E-state index is 11.7. The maximum atomic E-state index is 11.7. The molecular weight excluding hydrogens is 212 g/mol. The van der Waals surface area contributed by atoms with Gasteiger partial charge < -0.3 is 10.5 Å². The lowest BCUT2D eigenvalue weighted by molar-refractivity contribution is 0.168. The van der Waals surface area contributed by atoms with Gasteiger partial charge in [-0.05, 0) is 30.9 Å². The molecule has 82 valence electrons. The molecule has 1 heterocycles. The molecule has 1 aliphatic carbocycles. The first-order chi connectivity index (χ1) is 7.27. The maximum Gasteiger partial charge on any atom is 0.152 e. The van der Waals surface area contributed by atoms with E-state index in [0.717, 1.165) is 0 Å². The first-order valence-electron chi connectivity index (χ1n) is 4.94. The SMILES string of the molecule is Nc1cccnc1S(=O)COCC1CC1. The Labute approximate surface area is 91.3 Å². The fourth-order valence-electron chi connectivity index (χ4n) is 1.22. The number of aromatic nitrogens is 1. The van der Waals surface area contributed by atoms with E-state index in [1.165, 1.54) is 12.8 Å². The Kier molecular flexibility index (Phi) is 3.33. The average Bonchev–Trinajstić information content (AvgIpc) is 3.02. The Morgan fingerprint density at radius 1 is 1.60 bits per heavy atom. The first kappa shape index (κ1) is 10.6. The number of nitrogen functional groups attached to an aromatic ring is 1. The summed E-state index contributed by atoms with van der Waals surface area (Å²) in [5, 5.41) is 0.424. The minimum Gasteiger partial charge on any atom is -0.396 e. The smallest absolute Gasteiger partial charge is 0.152 e. The van der Waals surface area contributed by atoms with Crippen LogP contribution in [0.2, 0.25) is 0 Å². The van der Waals surface area contributed by atoms with Gasteiger partial charge in [0, 0.05) is 6.20 Å². The topological polar surface area (TPSA) is 65.2 Å². The molecule has 0 bridgehead atoms. The summed E-state index contributed by atoms with van der Waals surface area (Å²) in [4.78, 5) is 3.99. The Morgan fingerprint density at radius 3 is 3.07 bits per heavy atom. The highest BCUT2D eigenvalue weighted by molar-refractivity contribution is 7.84. The summed E-state index contributed by atoms with van der Waals surface area (Å²) >= 11 is 0. The molecule has 2 N–H and O–H groups in total. The fourth-order valence-corrected chi connectivity index (χ4v) is 2.09. The second kappa shape index (κ2) is 4.72. The number of pyridine rings is 1. The van der Waals surface area contributed by atoms with Crippen molar-refractivity contribution >= 4 is 16.5 Å². The highest BCUT2D eigenvalue weighted by Crippen LogP contribution is 2.28. The van der Waals surface area contributed by atoms with E-state index < -0.39 is 10.8 Å². The molecule has 4 nitrogen and oxygen atoms in total. The quantitative estimate of drug-likeness (QED) is 0.818. The third-order valence-corrected chi connectivity index (χ3v) is 3.41. The van der Waals surface area contributed by atoms with Crippen molar-refractivity contribution < 1.29 is 8.95 Å². The molecule has 2 rings (SSSR count). The second-order valence-corrected chi connectivity index (χ2v) is 4.99. The lowest BCUT2D eigenvalue weighted by atomic mass is 10.4. The third kappa shape index (κ3) is 3.00. The summed E-state index contributed by atoms with van der Waals surface area (Å²) in [6.07, 6.45) is 4.06. The molecule has 1 aromatic heterocycles. The minimum atomic E-state index is -1.24. The summed E-state index contributed by atoms with van der Waals surface area (Å²) in [6, 6.07) is 3.42. The average molecular weight is 226 g/mol. The van der Waals surface area contributed by atoms with Crippen LogP contribution in [-0.2, 0) is 15.5 Å². The van der Waals surface area contributed by atoms with Crippen LogP contribution < -0.4 is 5.73 Å². The van der Waals surface area contributed by atoms with E-state index in [4.69, 9.17) is 10.5 Å². The van der Waals surface area contributed by atoms with Crippen molar-refractivity contribution in [2.24, 2.45) is 5.92 Å². The van der Waals surface area contributed by atoms with E-state index in [9.17, 15) is 4.21 Å². The molecular formula is C10H14N2O2S. The lowest BCUT2D eigenvalue weighted by Gasteiger charge is -2.04. The minimum absolute atomic E-state index is 0.192. The molecule has 1 aliphatic rings. The Hall–Kier alpha value is -0.940. The van der Waals surface area contributed by atoms with Crippen molar-refractivity contribution in [3.8, 4) is 0 Å². The van der Waals surface area contributed by atoms with Crippen molar-refractivity contribution in [3.63, 3.8) is 0 Å². The van der Waals surface area contributed by atoms with Gasteiger partial charge in [0.1, 0.15) is 16.7 Å². The monoisotopic (exact) mass is 226 g/mol. The normalized spacial score (nSPS) is 17.6. The summed E-state index contributed by atoms with van der Waals surface area (Å²) in [6.45, 7) is 0.707. The van der Waals surface area contributed by atoms with Gasteiger partial charge in [-0.1, -0.05) is 0 Å². The molecule has 15 heavy (non-hydrogen) atoms. The first-order valence-corrected chi connectivity index (χ1v) is 6.26. The standard InChI is InChI=1S/C10H14N2O2S/c11-9-2-1-5-12-10(9)15(13)7-14-6-8-3-4-8/h1-2,5,8H,3-4,6-7,11H2. The molecule has 0 amide bonds. The van der Waals surface area contributed by atoms with Crippen LogP contribution in [0, 0.1) is 5.92 Å². The molecule has 0 spiro atoms. The van der Waals surface area contributed by atoms with E-state index in [1.54, 1.807) is 18.3 Å².